The minimum absolute atomic E-state index is 0.271. The Hall–Kier alpha value is -1.92. The smallest absolute Gasteiger partial charge is 0.323 e. The lowest BCUT2D eigenvalue weighted by molar-refractivity contribution is -0.171. The summed E-state index contributed by atoms with van der Waals surface area (Å²) in [7, 11) is 0. The first kappa shape index (κ1) is 13.1. The van der Waals surface area contributed by atoms with Crippen LogP contribution in [-0.4, -0.2) is 17.9 Å². The van der Waals surface area contributed by atoms with Gasteiger partial charge in [-0.05, 0) is 12.1 Å². The van der Waals surface area contributed by atoms with Gasteiger partial charge in [-0.15, -0.1) is 0 Å². The van der Waals surface area contributed by atoms with Gasteiger partial charge >= 0.3 is 6.18 Å². The van der Waals surface area contributed by atoms with Gasteiger partial charge in [0, 0.05) is 0 Å². The molecule has 0 fully saturated rings. The Bertz CT molecular complexity index is 442. The van der Waals surface area contributed by atoms with Crippen LogP contribution in [0.2, 0.25) is 0 Å². The van der Waals surface area contributed by atoms with Crippen LogP contribution in [0.15, 0.2) is 24.3 Å². The van der Waals surface area contributed by atoms with Crippen LogP contribution in [0.5, 0.6) is 0 Å². The highest BCUT2D eigenvalue weighted by atomic mass is 19.4. The maximum Gasteiger partial charge on any atom is 0.450 e. The second-order valence-corrected chi connectivity index (χ2v) is 3.13. The highest BCUT2D eigenvalue weighted by Gasteiger charge is 2.39. The zero-order valence-corrected chi connectivity index (χ0v) is 8.34. The van der Waals surface area contributed by atoms with Gasteiger partial charge in [0.05, 0.1) is 12.1 Å². The quantitative estimate of drug-likeness (QED) is 0.659. The standard InChI is InChI=1S/C10H7F4NO2/c11-6-3-1-2-4-7(6)15-9(17)5-8(16)10(12,13)14/h1-4H,5H2,(H,15,17). The number of hydrogen-bond donors (Lipinski definition) is 1. The molecule has 0 saturated carbocycles. The van der Waals surface area contributed by atoms with Gasteiger partial charge < -0.3 is 5.32 Å². The Morgan fingerprint density at radius 3 is 2.29 bits per heavy atom. The van der Waals surface area contributed by atoms with Crippen molar-refractivity contribution < 1.29 is 27.2 Å². The number of para-hydroxylation sites is 1. The lowest BCUT2D eigenvalue weighted by atomic mass is 10.2. The van der Waals surface area contributed by atoms with E-state index < -0.39 is 30.1 Å². The van der Waals surface area contributed by atoms with E-state index in [4.69, 9.17) is 0 Å². The molecule has 17 heavy (non-hydrogen) atoms. The normalized spacial score (nSPS) is 11.1. The summed E-state index contributed by atoms with van der Waals surface area (Å²) >= 11 is 0. The summed E-state index contributed by atoms with van der Waals surface area (Å²) in [6, 6.07) is 4.95. The van der Waals surface area contributed by atoms with Crippen molar-refractivity contribution in [3.05, 3.63) is 30.1 Å². The van der Waals surface area contributed by atoms with Crippen molar-refractivity contribution in [3.63, 3.8) is 0 Å². The summed E-state index contributed by atoms with van der Waals surface area (Å²) in [4.78, 5) is 21.5. The molecule has 0 spiro atoms. The molecule has 92 valence electrons. The third-order valence-corrected chi connectivity index (χ3v) is 1.79. The van der Waals surface area contributed by atoms with Crippen LogP contribution in [0.3, 0.4) is 0 Å². The number of hydrogen-bond acceptors (Lipinski definition) is 2. The Morgan fingerprint density at radius 1 is 1.18 bits per heavy atom. The number of benzene rings is 1. The van der Waals surface area contributed by atoms with Crippen molar-refractivity contribution in [2.75, 3.05) is 5.32 Å². The number of nitrogens with one attached hydrogen (secondary N) is 1. The summed E-state index contributed by atoms with van der Waals surface area (Å²) < 4.78 is 48.5. The summed E-state index contributed by atoms with van der Waals surface area (Å²) in [5, 5.41) is 1.88. The molecule has 0 aliphatic carbocycles. The van der Waals surface area contributed by atoms with Crippen molar-refractivity contribution in [1.82, 2.24) is 0 Å². The van der Waals surface area contributed by atoms with Gasteiger partial charge in [-0.2, -0.15) is 13.2 Å². The number of ketones is 1. The first-order chi connectivity index (χ1) is 7.80. The highest BCUT2D eigenvalue weighted by molar-refractivity contribution is 6.06. The van der Waals surface area contributed by atoms with E-state index in [1.54, 1.807) is 0 Å². The van der Waals surface area contributed by atoms with Crippen LogP contribution < -0.4 is 5.32 Å². The number of anilines is 1. The first-order valence-electron chi connectivity index (χ1n) is 4.45. The van der Waals surface area contributed by atoms with Crippen molar-refractivity contribution in [2.45, 2.75) is 12.6 Å². The van der Waals surface area contributed by atoms with Gasteiger partial charge in [0.15, 0.2) is 0 Å². The molecule has 7 heteroatoms. The fraction of sp³-hybridized carbons (Fsp3) is 0.200. The van der Waals surface area contributed by atoms with E-state index in [0.29, 0.717) is 0 Å². The van der Waals surface area contributed by atoms with Crippen molar-refractivity contribution in [3.8, 4) is 0 Å². The maximum atomic E-state index is 13.0. The van der Waals surface area contributed by atoms with Crippen molar-refractivity contribution in [1.29, 1.82) is 0 Å². The monoisotopic (exact) mass is 249 g/mol. The third kappa shape index (κ3) is 3.86. The highest BCUT2D eigenvalue weighted by Crippen LogP contribution is 2.19. The lowest BCUT2D eigenvalue weighted by Crippen LogP contribution is -2.28. The van der Waals surface area contributed by atoms with E-state index in [9.17, 15) is 27.2 Å². The van der Waals surface area contributed by atoms with Gasteiger partial charge in [0.25, 0.3) is 0 Å². The Labute approximate surface area is 93.4 Å². The molecule has 0 atom stereocenters. The van der Waals surface area contributed by atoms with E-state index in [0.717, 1.165) is 6.07 Å². The molecule has 0 unspecified atom stereocenters. The molecule has 1 aromatic carbocycles. The molecule has 0 aliphatic heterocycles. The van der Waals surface area contributed by atoms with Crippen LogP contribution in [0, 0.1) is 5.82 Å². The summed E-state index contributed by atoms with van der Waals surface area (Å²) in [6.45, 7) is 0. The SMILES string of the molecule is O=C(CC(=O)C(F)(F)F)Nc1ccccc1F. The second-order valence-electron chi connectivity index (χ2n) is 3.13. The molecule has 0 heterocycles. The number of alkyl halides is 3. The number of rotatable bonds is 3. The Balaban J connectivity index is 2.63. The van der Waals surface area contributed by atoms with Crippen molar-refractivity contribution in [2.24, 2.45) is 0 Å². The fourth-order valence-corrected chi connectivity index (χ4v) is 1.00. The molecule has 1 rings (SSSR count). The first-order valence-corrected chi connectivity index (χ1v) is 4.45. The number of carbonyl (C=O) groups excluding carboxylic acids is 2. The van der Waals surface area contributed by atoms with Gasteiger partial charge in [0.1, 0.15) is 5.82 Å². The van der Waals surface area contributed by atoms with Crippen molar-refractivity contribution >= 4 is 17.4 Å². The largest absolute Gasteiger partial charge is 0.450 e. The topological polar surface area (TPSA) is 46.2 Å². The van der Waals surface area contributed by atoms with E-state index >= 15 is 0 Å². The van der Waals surface area contributed by atoms with Gasteiger partial charge in [0.2, 0.25) is 11.7 Å². The zero-order valence-electron chi connectivity index (χ0n) is 8.34. The van der Waals surface area contributed by atoms with E-state index in [-0.39, 0.29) is 5.69 Å². The van der Waals surface area contributed by atoms with Gasteiger partial charge in [-0.1, -0.05) is 12.1 Å². The number of halogens is 4. The molecule has 0 bridgehead atoms. The lowest BCUT2D eigenvalue weighted by Gasteiger charge is -2.07. The summed E-state index contributed by atoms with van der Waals surface area (Å²) in [5.74, 6) is -4.18. The van der Waals surface area contributed by atoms with Crippen LogP contribution in [-0.2, 0) is 9.59 Å². The molecule has 1 aromatic rings. The molecule has 0 aromatic heterocycles. The van der Waals surface area contributed by atoms with E-state index in [1.807, 2.05) is 5.32 Å². The molecular formula is C10H7F4NO2. The van der Waals surface area contributed by atoms with Crippen LogP contribution >= 0.6 is 0 Å². The molecular weight excluding hydrogens is 242 g/mol. The predicted molar refractivity (Wildman–Crippen MR) is 50.7 cm³/mol. The Morgan fingerprint density at radius 2 is 1.76 bits per heavy atom. The molecule has 1 N–H and O–H groups in total. The second kappa shape index (κ2) is 4.94. The minimum Gasteiger partial charge on any atom is -0.323 e. The molecule has 3 nitrogen and oxygen atoms in total. The van der Waals surface area contributed by atoms with E-state index in [1.165, 1.54) is 18.2 Å². The Kier molecular flexibility index (Phi) is 3.82. The number of amides is 1. The summed E-state index contributed by atoms with van der Waals surface area (Å²) in [6.07, 6.45) is -6.43. The average molecular weight is 249 g/mol. The van der Waals surface area contributed by atoms with Gasteiger partial charge in [-0.25, -0.2) is 4.39 Å². The predicted octanol–water partition coefficient (Wildman–Crippen LogP) is 2.29. The van der Waals surface area contributed by atoms with Crippen LogP contribution in [0.4, 0.5) is 23.2 Å². The van der Waals surface area contributed by atoms with E-state index in [2.05, 4.69) is 0 Å². The van der Waals surface area contributed by atoms with Crippen LogP contribution in [0.1, 0.15) is 6.42 Å². The molecule has 0 saturated heterocycles. The fourth-order valence-electron chi connectivity index (χ4n) is 1.00. The number of Topliss-reactive ketones (excluding diaryl/α,β-unsaturated/α-hetero) is 1. The van der Waals surface area contributed by atoms with Crippen LogP contribution in [0.25, 0.3) is 0 Å². The maximum absolute atomic E-state index is 13.0. The van der Waals surface area contributed by atoms with Gasteiger partial charge in [-0.3, -0.25) is 9.59 Å². The average Bonchev–Trinajstić information content (AvgIpc) is 2.20. The molecule has 0 radical (unpaired) electrons. The summed E-state index contributed by atoms with van der Waals surface area (Å²) in [5.41, 5.74) is -0.271. The molecule has 1 amide bonds. The molecule has 0 aliphatic rings. The third-order valence-electron chi connectivity index (χ3n) is 1.79. The minimum atomic E-state index is -5.06. The zero-order chi connectivity index (χ0) is 13.1. The number of carbonyl (C=O) groups is 2.